The molecule has 51 valence electrons. The van der Waals surface area contributed by atoms with Crippen molar-refractivity contribution in [2.75, 3.05) is 0 Å². The summed E-state index contributed by atoms with van der Waals surface area (Å²) in [5.41, 5.74) is 3.30. The summed E-state index contributed by atoms with van der Waals surface area (Å²) in [5.74, 6) is 0. The van der Waals surface area contributed by atoms with Gasteiger partial charge in [0.1, 0.15) is 0 Å². The van der Waals surface area contributed by atoms with Gasteiger partial charge in [0.05, 0.1) is 0 Å². The van der Waals surface area contributed by atoms with Crippen molar-refractivity contribution >= 4 is 0 Å². The minimum absolute atomic E-state index is 0. The zero-order chi connectivity index (χ0) is 5.98. The average molecular weight is 301 g/mol. The smallest absolute Gasteiger partial charge is 0.199 e. The van der Waals surface area contributed by atoms with Gasteiger partial charge in [0.25, 0.3) is 0 Å². The Morgan fingerprint density at radius 1 is 1.50 bits per heavy atom. The van der Waals surface area contributed by atoms with Crippen LogP contribution < -0.4 is 24.0 Å². The molecule has 0 nitrogen and oxygen atoms in total. The normalized spacial score (nSPS) is 15.2. The molecule has 10 heavy (non-hydrogen) atoms. The van der Waals surface area contributed by atoms with Crippen LogP contribution in [0.25, 0.3) is 0 Å². The van der Waals surface area contributed by atoms with E-state index in [0.717, 1.165) is 0 Å². The topological polar surface area (TPSA) is 0 Å². The Balaban J connectivity index is 0. The van der Waals surface area contributed by atoms with Gasteiger partial charge in [0.15, 0.2) is 6.17 Å². The van der Waals surface area contributed by atoms with Crippen LogP contribution in [0.3, 0.4) is 0 Å². The quantitative estimate of drug-likeness (QED) is 0.311. The maximum atomic E-state index is 12.3. The van der Waals surface area contributed by atoms with E-state index in [4.69, 9.17) is 0 Å². The SMILES string of the molecule is CC1=CC=C=C[C]1F.[I-].[Zn]. The fourth-order valence-corrected chi connectivity index (χ4v) is 0.488. The zero-order valence-electron chi connectivity index (χ0n) is 5.70. The van der Waals surface area contributed by atoms with Crippen LogP contribution in [-0.2, 0) is 19.5 Å². The second kappa shape index (κ2) is 6.27. The first-order valence-electron chi connectivity index (χ1n) is 2.43. The molecule has 0 atom stereocenters. The maximum absolute atomic E-state index is 12.3. The van der Waals surface area contributed by atoms with Crippen molar-refractivity contribution in [3.8, 4) is 0 Å². The molecule has 3 heteroatoms. The monoisotopic (exact) mass is 300 g/mol. The number of hydrogen-bond acceptors (Lipinski definition) is 0. The van der Waals surface area contributed by atoms with E-state index in [1.807, 2.05) is 0 Å². The van der Waals surface area contributed by atoms with E-state index in [2.05, 4.69) is 5.73 Å². The van der Waals surface area contributed by atoms with Crippen molar-refractivity contribution in [1.29, 1.82) is 0 Å². The summed E-state index contributed by atoms with van der Waals surface area (Å²) in [7, 11) is 0. The van der Waals surface area contributed by atoms with Crippen LogP contribution >= 0.6 is 0 Å². The molecule has 0 aromatic heterocycles. The molecule has 1 aliphatic carbocycles. The van der Waals surface area contributed by atoms with Gasteiger partial charge in [0, 0.05) is 25.6 Å². The standard InChI is InChI=1S/C7H6F.HI.Zn/c1-6-4-2-3-5-7(6)8;;/h2,4-5H,1H3;1H;/p-1. The van der Waals surface area contributed by atoms with E-state index in [9.17, 15) is 4.39 Å². The molecule has 0 aliphatic heterocycles. The Hall–Kier alpha value is 0.543. The summed E-state index contributed by atoms with van der Waals surface area (Å²) < 4.78 is 12.3. The Labute approximate surface area is 90.0 Å². The average Bonchev–Trinajstić information content (AvgIpc) is 1.77. The molecule has 0 amide bonds. The zero-order valence-corrected chi connectivity index (χ0v) is 10.8. The van der Waals surface area contributed by atoms with Crippen LogP contribution in [0.5, 0.6) is 0 Å². The van der Waals surface area contributed by atoms with Crippen molar-refractivity contribution in [3.63, 3.8) is 0 Å². The van der Waals surface area contributed by atoms with Gasteiger partial charge in [-0.15, -0.1) is 5.73 Å². The molecule has 0 fully saturated rings. The first-order valence-corrected chi connectivity index (χ1v) is 2.43. The van der Waals surface area contributed by atoms with Crippen molar-refractivity contribution < 1.29 is 47.8 Å². The molecule has 0 N–H and O–H groups in total. The largest absolute Gasteiger partial charge is 1.00 e. The van der Waals surface area contributed by atoms with Gasteiger partial charge in [-0.1, -0.05) is 6.08 Å². The Kier molecular flexibility index (Phi) is 8.24. The van der Waals surface area contributed by atoms with Crippen LogP contribution in [-0.4, -0.2) is 0 Å². The summed E-state index contributed by atoms with van der Waals surface area (Å²) in [5, 5.41) is 0. The van der Waals surface area contributed by atoms with Crippen molar-refractivity contribution in [2.45, 2.75) is 6.92 Å². The third-order valence-corrected chi connectivity index (χ3v) is 1.02. The summed E-state index contributed by atoms with van der Waals surface area (Å²) >= 11 is 0. The molecule has 0 aromatic rings. The molecule has 0 spiro atoms. The number of hydrogen-bond donors (Lipinski definition) is 0. The Bertz CT molecular complexity index is 180. The first-order chi connectivity index (χ1) is 3.80. The van der Waals surface area contributed by atoms with Gasteiger partial charge in [0.2, 0.25) is 0 Å². The van der Waals surface area contributed by atoms with Gasteiger partial charge >= 0.3 is 0 Å². The predicted octanol–water partition coefficient (Wildman–Crippen LogP) is -0.839. The van der Waals surface area contributed by atoms with Crippen molar-refractivity contribution in [2.24, 2.45) is 0 Å². The van der Waals surface area contributed by atoms with E-state index in [1.165, 1.54) is 6.08 Å². The Morgan fingerprint density at radius 2 is 2.10 bits per heavy atom. The molecular weight excluding hydrogens is 295 g/mol. The molecule has 0 saturated carbocycles. The van der Waals surface area contributed by atoms with E-state index in [0.29, 0.717) is 5.57 Å². The summed E-state index contributed by atoms with van der Waals surface area (Å²) in [4.78, 5) is 0. The van der Waals surface area contributed by atoms with Crippen LogP contribution in [0.4, 0.5) is 4.39 Å². The molecule has 0 heterocycles. The second-order valence-electron chi connectivity index (χ2n) is 1.68. The van der Waals surface area contributed by atoms with Crippen LogP contribution in [0.15, 0.2) is 29.5 Å². The van der Waals surface area contributed by atoms with E-state index < -0.39 is 0 Å². The number of allylic oxidation sites excluding steroid dienone is 3. The van der Waals surface area contributed by atoms with Gasteiger partial charge in [-0.05, 0) is 18.6 Å². The Morgan fingerprint density at radius 3 is 2.40 bits per heavy atom. The first kappa shape index (κ1) is 13.2. The molecular formula is C7H6FIZn-. The molecule has 0 unspecified atom stereocenters. The van der Waals surface area contributed by atoms with Crippen LogP contribution in [0, 0.1) is 6.17 Å². The molecule has 0 bridgehead atoms. The van der Waals surface area contributed by atoms with Gasteiger partial charge in [-0.3, -0.25) is 0 Å². The molecule has 1 aliphatic rings. The molecule has 0 aromatic carbocycles. The van der Waals surface area contributed by atoms with Gasteiger partial charge in [-0.2, -0.15) is 0 Å². The maximum Gasteiger partial charge on any atom is 0.199 e. The summed E-state index contributed by atoms with van der Waals surface area (Å²) in [6.07, 6.45) is 4.52. The van der Waals surface area contributed by atoms with Crippen molar-refractivity contribution in [1.82, 2.24) is 0 Å². The molecule has 0 saturated heterocycles. The van der Waals surface area contributed by atoms with Gasteiger partial charge < -0.3 is 24.0 Å². The van der Waals surface area contributed by atoms with E-state index in [-0.39, 0.29) is 49.6 Å². The predicted molar refractivity (Wildman–Crippen MR) is 30.8 cm³/mol. The third-order valence-electron chi connectivity index (χ3n) is 1.02. The number of halogens is 2. The van der Waals surface area contributed by atoms with Crippen molar-refractivity contribution in [3.05, 3.63) is 35.7 Å². The second-order valence-corrected chi connectivity index (χ2v) is 1.68. The van der Waals surface area contributed by atoms with Gasteiger partial charge in [-0.25, -0.2) is 4.39 Å². The fourth-order valence-electron chi connectivity index (χ4n) is 0.488. The molecule has 1 rings (SSSR count). The minimum Gasteiger partial charge on any atom is -1.00 e. The summed E-state index contributed by atoms with van der Waals surface area (Å²) in [6, 6.07) is 0. The van der Waals surface area contributed by atoms with Crippen LogP contribution in [0.1, 0.15) is 6.92 Å². The summed E-state index contributed by atoms with van der Waals surface area (Å²) in [6.45, 7) is 1.73. The van der Waals surface area contributed by atoms with Crippen LogP contribution in [0.2, 0.25) is 0 Å². The molecule has 1 radical (unpaired) electrons. The van der Waals surface area contributed by atoms with E-state index >= 15 is 0 Å². The third kappa shape index (κ3) is 3.65. The minimum atomic E-state index is -0.187. The number of rotatable bonds is 0. The fraction of sp³-hybridized carbons (Fsp3) is 0.143. The van der Waals surface area contributed by atoms with E-state index in [1.54, 1.807) is 19.1 Å².